The smallest absolute Gasteiger partial charge is 0.421 e. The number of anilines is 4. The van der Waals surface area contributed by atoms with Crippen molar-refractivity contribution >= 4 is 40.6 Å². The number of nitrogens with zero attached hydrogens (tertiary/aromatic N) is 5. The Kier molecular flexibility index (Phi) is 6.44. The maximum absolute atomic E-state index is 13.0. The number of benzene rings is 1. The second-order valence-corrected chi connectivity index (χ2v) is 7.00. The number of amides is 1. The van der Waals surface area contributed by atoms with E-state index in [4.69, 9.17) is 16.3 Å². The van der Waals surface area contributed by atoms with E-state index in [1.54, 1.807) is 25.0 Å². The van der Waals surface area contributed by atoms with Gasteiger partial charge >= 0.3 is 6.18 Å². The zero-order valence-electron chi connectivity index (χ0n) is 17.5. The van der Waals surface area contributed by atoms with Crippen molar-refractivity contribution in [3.05, 3.63) is 46.9 Å². The lowest BCUT2D eigenvalue weighted by molar-refractivity contribution is -0.137. The third kappa shape index (κ3) is 4.69. The van der Waals surface area contributed by atoms with Gasteiger partial charge in [0.05, 0.1) is 35.3 Å². The van der Waals surface area contributed by atoms with Gasteiger partial charge in [-0.25, -0.2) is 4.98 Å². The van der Waals surface area contributed by atoms with Crippen molar-refractivity contribution in [2.24, 2.45) is 7.05 Å². The van der Waals surface area contributed by atoms with Crippen LogP contribution in [0.5, 0.6) is 5.75 Å². The highest BCUT2D eigenvalue weighted by Crippen LogP contribution is 2.36. The quantitative estimate of drug-likeness (QED) is 0.564. The van der Waals surface area contributed by atoms with Gasteiger partial charge in [-0.3, -0.25) is 9.48 Å². The molecule has 0 radical (unpaired) electrons. The normalized spacial score (nSPS) is 11.2. The molecule has 0 atom stereocenters. The number of carbonyl (C=O) groups excluding carboxylic acids is 1. The Labute approximate surface area is 186 Å². The van der Waals surface area contributed by atoms with Crippen LogP contribution in [0.1, 0.15) is 15.9 Å². The Morgan fingerprint density at radius 2 is 2.00 bits per heavy atom. The van der Waals surface area contributed by atoms with E-state index in [1.807, 2.05) is 0 Å². The van der Waals surface area contributed by atoms with Crippen LogP contribution in [0.3, 0.4) is 0 Å². The van der Waals surface area contributed by atoms with Gasteiger partial charge in [-0.05, 0) is 6.07 Å². The Bertz CT molecular complexity index is 1150. The number of carbonyl (C=O) groups is 1. The summed E-state index contributed by atoms with van der Waals surface area (Å²) in [6, 6.07) is 2.83. The van der Waals surface area contributed by atoms with Crippen molar-refractivity contribution in [2.75, 3.05) is 36.7 Å². The number of hydrogen-bond acceptors (Lipinski definition) is 7. The zero-order chi connectivity index (χ0) is 23.6. The van der Waals surface area contributed by atoms with E-state index in [0.717, 1.165) is 0 Å². The molecule has 0 aliphatic rings. The lowest BCUT2D eigenvalue weighted by Gasteiger charge is -2.18. The average molecular weight is 470 g/mol. The standard InChI is InChI=1S/C19H19ClF3N7O2/c1-24-16-12(19(21,22)23)8-25-18(28-16)27-14-6-15(32-4)11(5-13(14)20)17(31)30(3)10-7-26-29(2)9-10/h5-9H,1-4H3,(H2,24,25,27,28). The second kappa shape index (κ2) is 8.91. The summed E-state index contributed by atoms with van der Waals surface area (Å²) in [5.74, 6) is -0.731. The van der Waals surface area contributed by atoms with Gasteiger partial charge in [0.25, 0.3) is 5.91 Å². The van der Waals surface area contributed by atoms with Gasteiger partial charge in [-0.15, -0.1) is 0 Å². The molecule has 170 valence electrons. The predicted molar refractivity (Wildman–Crippen MR) is 114 cm³/mol. The number of halogens is 4. The molecule has 0 spiro atoms. The molecule has 32 heavy (non-hydrogen) atoms. The Hall–Kier alpha value is -3.54. The SMILES string of the molecule is CNc1nc(Nc2cc(OC)c(C(=O)N(C)c3cnn(C)c3)cc2Cl)ncc1C(F)(F)F. The molecule has 2 aromatic heterocycles. The van der Waals surface area contributed by atoms with Crippen molar-refractivity contribution in [1.82, 2.24) is 19.7 Å². The number of rotatable bonds is 6. The summed E-state index contributed by atoms with van der Waals surface area (Å²) in [7, 11) is 5.99. The van der Waals surface area contributed by atoms with Crippen LogP contribution < -0.4 is 20.3 Å². The Morgan fingerprint density at radius 1 is 1.28 bits per heavy atom. The van der Waals surface area contributed by atoms with Crippen molar-refractivity contribution in [2.45, 2.75) is 6.18 Å². The monoisotopic (exact) mass is 469 g/mol. The van der Waals surface area contributed by atoms with Crippen LogP contribution >= 0.6 is 11.6 Å². The van der Waals surface area contributed by atoms with Crippen molar-refractivity contribution in [3.8, 4) is 5.75 Å². The van der Waals surface area contributed by atoms with Crippen molar-refractivity contribution in [1.29, 1.82) is 0 Å². The van der Waals surface area contributed by atoms with Crippen molar-refractivity contribution in [3.63, 3.8) is 0 Å². The zero-order valence-corrected chi connectivity index (χ0v) is 18.2. The van der Waals surface area contributed by atoms with Gasteiger partial charge < -0.3 is 20.3 Å². The van der Waals surface area contributed by atoms with Gasteiger partial charge in [-0.2, -0.15) is 23.3 Å². The summed E-state index contributed by atoms with van der Waals surface area (Å²) in [5, 5.41) is 9.29. The first-order valence-corrected chi connectivity index (χ1v) is 9.46. The highest BCUT2D eigenvalue weighted by Gasteiger charge is 2.35. The minimum atomic E-state index is -4.61. The summed E-state index contributed by atoms with van der Waals surface area (Å²) in [6.07, 6.45) is -0.750. The minimum Gasteiger partial charge on any atom is -0.496 e. The summed E-state index contributed by atoms with van der Waals surface area (Å²) in [5.41, 5.74) is -0.0196. The molecule has 0 saturated carbocycles. The maximum atomic E-state index is 13.0. The summed E-state index contributed by atoms with van der Waals surface area (Å²) in [6.45, 7) is 0. The first-order valence-electron chi connectivity index (χ1n) is 9.08. The number of hydrogen-bond donors (Lipinski definition) is 2. The molecule has 2 heterocycles. The summed E-state index contributed by atoms with van der Waals surface area (Å²) >= 11 is 6.33. The molecule has 0 bridgehead atoms. The molecular weight excluding hydrogens is 451 g/mol. The Morgan fingerprint density at radius 3 is 2.56 bits per heavy atom. The highest BCUT2D eigenvalue weighted by atomic mass is 35.5. The van der Waals surface area contributed by atoms with E-state index in [0.29, 0.717) is 11.9 Å². The van der Waals surface area contributed by atoms with Crippen LogP contribution in [-0.4, -0.2) is 46.9 Å². The number of nitrogens with one attached hydrogen (secondary N) is 2. The summed E-state index contributed by atoms with van der Waals surface area (Å²) in [4.78, 5) is 21.9. The van der Waals surface area contributed by atoms with Gasteiger partial charge in [0, 0.05) is 39.6 Å². The fourth-order valence-corrected chi connectivity index (χ4v) is 3.04. The van der Waals surface area contributed by atoms with Crippen LogP contribution in [0.25, 0.3) is 0 Å². The number of ether oxygens (including phenoxy) is 1. The lowest BCUT2D eigenvalue weighted by atomic mass is 10.1. The fraction of sp³-hybridized carbons (Fsp3) is 0.263. The number of methoxy groups -OCH3 is 1. The Balaban J connectivity index is 1.92. The molecule has 3 rings (SSSR count). The average Bonchev–Trinajstić information content (AvgIpc) is 3.19. The van der Waals surface area contributed by atoms with Gasteiger partial charge in [0.2, 0.25) is 5.95 Å². The molecular formula is C19H19ClF3N7O2. The topological polar surface area (TPSA) is 97.2 Å². The molecule has 1 aromatic carbocycles. The molecule has 0 fully saturated rings. The number of aromatic nitrogens is 4. The van der Waals surface area contributed by atoms with Crippen LogP contribution in [0.2, 0.25) is 5.02 Å². The van der Waals surface area contributed by atoms with E-state index in [2.05, 4.69) is 25.7 Å². The van der Waals surface area contributed by atoms with E-state index in [-0.39, 0.29) is 28.0 Å². The van der Waals surface area contributed by atoms with Gasteiger partial charge in [-0.1, -0.05) is 11.6 Å². The summed E-state index contributed by atoms with van der Waals surface area (Å²) < 4.78 is 46.0. The maximum Gasteiger partial charge on any atom is 0.421 e. The van der Waals surface area contributed by atoms with Gasteiger partial charge in [0.1, 0.15) is 17.1 Å². The first kappa shape index (κ1) is 23.1. The lowest BCUT2D eigenvalue weighted by Crippen LogP contribution is -2.26. The first-order chi connectivity index (χ1) is 15.0. The molecule has 1 amide bonds. The van der Waals surface area contributed by atoms with E-state index in [9.17, 15) is 18.0 Å². The fourth-order valence-electron chi connectivity index (χ4n) is 2.83. The molecule has 0 saturated heterocycles. The van der Waals surface area contributed by atoms with Crippen LogP contribution in [0.15, 0.2) is 30.7 Å². The van der Waals surface area contributed by atoms with Crippen LogP contribution in [-0.2, 0) is 13.2 Å². The van der Waals surface area contributed by atoms with E-state index in [1.165, 1.54) is 37.4 Å². The second-order valence-electron chi connectivity index (χ2n) is 6.60. The number of alkyl halides is 3. The highest BCUT2D eigenvalue weighted by molar-refractivity contribution is 6.34. The molecule has 9 nitrogen and oxygen atoms in total. The number of aryl methyl sites for hydroxylation is 1. The van der Waals surface area contributed by atoms with E-state index < -0.39 is 23.5 Å². The third-order valence-electron chi connectivity index (χ3n) is 4.48. The van der Waals surface area contributed by atoms with Crippen molar-refractivity contribution < 1.29 is 22.7 Å². The largest absolute Gasteiger partial charge is 0.496 e. The third-order valence-corrected chi connectivity index (χ3v) is 4.79. The van der Waals surface area contributed by atoms with Gasteiger partial charge in [0.15, 0.2) is 0 Å². The molecule has 0 aliphatic heterocycles. The molecule has 0 aliphatic carbocycles. The predicted octanol–water partition coefficient (Wildman–Crippen LogP) is 3.95. The van der Waals surface area contributed by atoms with Crippen LogP contribution in [0.4, 0.5) is 36.3 Å². The minimum absolute atomic E-state index is 0.114. The van der Waals surface area contributed by atoms with Crippen LogP contribution in [0, 0.1) is 0 Å². The molecule has 2 N–H and O–H groups in total. The molecule has 0 unspecified atom stereocenters. The molecule has 3 aromatic rings. The van der Waals surface area contributed by atoms with E-state index >= 15 is 0 Å². The molecule has 13 heteroatoms.